The molecular formula is C17H31IN6. The van der Waals surface area contributed by atoms with Gasteiger partial charge in [-0.2, -0.15) is 0 Å². The summed E-state index contributed by atoms with van der Waals surface area (Å²) in [5.74, 6) is 1.98. The molecule has 0 bridgehead atoms. The number of nitrogens with zero attached hydrogens (tertiary/aromatic N) is 5. The van der Waals surface area contributed by atoms with Crippen LogP contribution in [-0.2, 0) is 13.1 Å². The molecule has 1 aliphatic carbocycles. The molecule has 1 spiro atoms. The summed E-state index contributed by atoms with van der Waals surface area (Å²) in [7, 11) is 0. The summed E-state index contributed by atoms with van der Waals surface area (Å²) in [6.07, 6.45) is 10.1. The lowest BCUT2D eigenvalue weighted by Crippen LogP contribution is -2.41. The van der Waals surface area contributed by atoms with Crippen LogP contribution in [0.25, 0.3) is 0 Å². The maximum Gasteiger partial charge on any atom is 0.194 e. The van der Waals surface area contributed by atoms with Crippen LogP contribution in [0.1, 0.15) is 58.2 Å². The van der Waals surface area contributed by atoms with Crippen LogP contribution in [0.2, 0.25) is 0 Å². The van der Waals surface area contributed by atoms with Gasteiger partial charge >= 0.3 is 0 Å². The second-order valence-electron chi connectivity index (χ2n) is 6.94. The third-order valence-corrected chi connectivity index (χ3v) is 5.39. The average Bonchev–Trinajstić information content (AvgIpc) is 3.19. The molecule has 1 aromatic rings. The van der Waals surface area contributed by atoms with Crippen molar-refractivity contribution in [3.8, 4) is 0 Å². The van der Waals surface area contributed by atoms with Gasteiger partial charge in [-0.05, 0) is 38.5 Å². The van der Waals surface area contributed by atoms with E-state index in [1.807, 2.05) is 0 Å². The van der Waals surface area contributed by atoms with Crippen LogP contribution in [0, 0.1) is 5.41 Å². The van der Waals surface area contributed by atoms with E-state index in [1.54, 1.807) is 6.33 Å². The molecule has 3 rings (SSSR count). The van der Waals surface area contributed by atoms with E-state index in [0.717, 1.165) is 31.4 Å². The number of hydrogen-bond donors (Lipinski definition) is 1. The van der Waals surface area contributed by atoms with Gasteiger partial charge in [-0.3, -0.25) is 0 Å². The normalized spacial score (nSPS) is 20.2. The Kier molecular flexibility index (Phi) is 7.31. The predicted octanol–water partition coefficient (Wildman–Crippen LogP) is 3.04. The van der Waals surface area contributed by atoms with E-state index in [9.17, 15) is 0 Å². The number of aliphatic imine (C=N–C) groups is 1. The molecule has 7 heteroatoms. The number of guanidine groups is 1. The zero-order valence-electron chi connectivity index (χ0n) is 15.0. The van der Waals surface area contributed by atoms with Crippen LogP contribution in [0.5, 0.6) is 0 Å². The number of nitrogens with one attached hydrogen (secondary N) is 1. The van der Waals surface area contributed by atoms with E-state index in [4.69, 9.17) is 4.99 Å². The molecule has 1 saturated heterocycles. The van der Waals surface area contributed by atoms with Crippen molar-refractivity contribution in [1.82, 2.24) is 25.0 Å². The minimum Gasteiger partial charge on any atom is -0.357 e. The zero-order valence-corrected chi connectivity index (χ0v) is 17.3. The van der Waals surface area contributed by atoms with Crippen molar-refractivity contribution in [2.75, 3.05) is 19.6 Å². The molecule has 1 N–H and O–H groups in total. The molecule has 0 radical (unpaired) electrons. The van der Waals surface area contributed by atoms with Gasteiger partial charge in [0.1, 0.15) is 12.9 Å². The maximum absolute atomic E-state index is 4.83. The zero-order chi connectivity index (χ0) is 16.1. The monoisotopic (exact) mass is 446 g/mol. The number of likely N-dealkylation sites (tertiary alicyclic amines) is 1. The van der Waals surface area contributed by atoms with E-state index in [1.165, 1.54) is 45.1 Å². The lowest BCUT2D eigenvalue weighted by molar-refractivity contribution is 0.203. The molecule has 0 unspecified atom stereocenters. The van der Waals surface area contributed by atoms with Gasteiger partial charge in [0.05, 0.1) is 0 Å². The van der Waals surface area contributed by atoms with Gasteiger partial charge in [-0.1, -0.05) is 19.3 Å². The van der Waals surface area contributed by atoms with Gasteiger partial charge in [0, 0.05) is 26.2 Å². The van der Waals surface area contributed by atoms with Crippen molar-refractivity contribution in [3.05, 3.63) is 12.2 Å². The lowest BCUT2D eigenvalue weighted by atomic mass is 9.73. The van der Waals surface area contributed by atoms with E-state index < -0.39 is 0 Å². The minimum atomic E-state index is 0. The largest absolute Gasteiger partial charge is 0.357 e. The highest BCUT2D eigenvalue weighted by Crippen LogP contribution is 2.43. The van der Waals surface area contributed by atoms with Crippen molar-refractivity contribution in [3.63, 3.8) is 0 Å². The highest BCUT2D eigenvalue weighted by atomic mass is 127. The Balaban J connectivity index is 0.00000208. The first-order valence-corrected chi connectivity index (χ1v) is 9.16. The Hall–Kier alpha value is -0.860. The van der Waals surface area contributed by atoms with Gasteiger partial charge in [0.2, 0.25) is 0 Å². The number of aryl methyl sites for hydroxylation is 1. The van der Waals surface area contributed by atoms with Crippen LogP contribution < -0.4 is 5.32 Å². The standard InChI is InChI=1S/C17H30N6.HI/c1-3-18-16(19-12-15-21-20-14-22(15)4-2)23-11-10-17(13-23)8-6-5-7-9-17;/h14H,3-13H2,1-2H3,(H,18,19);1H. The van der Waals surface area contributed by atoms with Crippen molar-refractivity contribution in [2.24, 2.45) is 10.4 Å². The smallest absolute Gasteiger partial charge is 0.194 e. The fourth-order valence-corrected chi connectivity index (χ4v) is 4.06. The van der Waals surface area contributed by atoms with E-state index in [-0.39, 0.29) is 24.0 Å². The molecule has 6 nitrogen and oxygen atoms in total. The summed E-state index contributed by atoms with van der Waals surface area (Å²) >= 11 is 0. The summed E-state index contributed by atoms with van der Waals surface area (Å²) in [5.41, 5.74) is 0.553. The first kappa shape index (κ1) is 19.5. The molecule has 0 atom stereocenters. The fraction of sp³-hybridized carbons (Fsp3) is 0.824. The SMILES string of the molecule is CCNC(=NCc1nncn1CC)N1CCC2(CCCCC2)C1.I. The predicted molar refractivity (Wildman–Crippen MR) is 108 cm³/mol. The summed E-state index contributed by atoms with van der Waals surface area (Å²) < 4.78 is 2.06. The Morgan fingerprint density at radius 1 is 1.25 bits per heavy atom. The van der Waals surface area contributed by atoms with Gasteiger partial charge in [-0.25, -0.2) is 4.99 Å². The first-order chi connectivity index (χ1) is 11.3. The number of aromatic nitrogens is 3. The highest BCUT2D eigenvalue weighted by molar-refractivity contribution is 14.0. The third kappa shape index (κ3) is 4.40. The molecule has 0 aromatic carbocycles. The van der Waals surface area contributed by atoms with Crippen LogP contribution in [0.4, 0.5) is 0 Å². The topological polar surface area (TPSA) is 58.3 Å². The average molecular weight is 446 g/mol. The van der Waals surface area contributed by atoms with Crippen LogP contribution >= 0.6 is 24.0 Å². The quantitative estimate of drug-likeness (QED) is 0.439. The number of hydrogen-bond acceptors (Lipinski definition) is 3. The molecule has 2 fully saturated rings. The van der Waals surface area contributed by atoms with E-state index in [0.29, 0.717) is 12.0 Å². The molecule has 1 aliphatic heterocycles. The Morgan fingerprint density at radius 2 is 2.04 bits per heavy atom. The molecule has 1 saturated carbocycles. The van der Waals surface area contributed by atoms with Crippen molar-refractivity contribution in [1.29, 1.82) is 0 Å². The fourth-order valence-electron chi connectivity index (χ4n) is 4.06. The number of halogens is 1. The van der Waals surface area contributed by atoms with Gasteiger partial charge in [0.25, 0.3) is 0 Å². The van der Waals surface area contributed by atoms with Crippen LogP contribution in [0.15, 0.2) is 11.3 Å². The molecule has 24 heavy (non-hydrogen) atoms. The van der Waals surface area contributed by atoms with Gasteiger partial charge in [-0.15, -0.1) is 34.2 Å². The highest BCUT2D eigenvalue weighted by Gasteiger charge is 2.39. The second-order valence-corrected chi connectivity index (χ2v) is 6.94. The second kappa shape index (κ2) is 9.01. The Morgan fingerprint density at radius 3 is 2.75 bits per heavy atom. The van der Waals surface area contributed by atoms with E-state index in [2.05, 4.69) is 38.8 Å². The molecule has 136 valence electrons. The Labute approximate surface area is 162 Å². The third-order valence-electron chi connectivity index (χ3n) is 5.39. The molecule has 1 aromatic heterocycles. The van der Waals surface area contributed by atoms with Crippen LogP contribution in [-0.4, -0.2) is 45.3 Å². The Bertz CT molecular complexity index is 535. The molecule has 2 aliphatic rings. The van der Waals surface area contributed by atoms with E-state index >= 15 is 0 Å². The van der Waals surface area contributed by atoms with Gasteiger partial charge < -0.3 is 14.8 Å². The van der Waals surface area contributed by atoms with Crippen molar-refractivity contribution in [2.45, 2.75) is 65.5 Å². The lowest BCUT2D eigenvalue weighted by Gasteiger charge is -2.33. The maximum atomic E-state index is 4.83. The van der Waals surface area contributed by atoms with Crippen LogP contribution in [0.3, 0.4) is 0 Å². The molecular weight excluding hydrogens is 415 g/mol. The minimum absolute atomic E-state index is 0. The van der Waals surface area contributed by atoms with Crippen molar-refractivity contribution < 1.29 is 0 Å². The number of rotatable bonds is 4. The summed E-state index contributed by atoms with van der Waals surface area (Å²) in [6, 6.07) is 0. The molecule has 2 heterocycles. The summed E-state index contributed by atoms with van der Waals surface area (Å²) in [5, 5.41) is 11.6. The first-order valence-electron chi connectivity index (χ1n) is 9.16. The van der Waals surface area contributed by atoms with Gasteiger partial charge in [0.15, 0.2) is 11.8 Å². The molecule has 0 amide bonds. The summed E-state index contributed by atoms with van der Waals surface area (Å²) in [6.45, 7) is 8.93. The summed E-state index contributed by atoms with van der Waals surface area (Å²) in [4.78, 5) is 7.29. The van der Waals surface area contributed by atoms with Crippen molar-refractivity contribution >= 4 is 29.9 Å².